The summed E-state index contributed by atoms with van der Waals surface area (Å²) >= 11 is 0. The van der Waals surface area contributed by atoms with Crippen LogP contribution in [0.15, 0.2) is 0 Å². The van der Waals surface area contributed by atoms with Gasteiger partial charge in [-0.1, -0.05) is 0 Å². The average Bonchev–Trinajstić information content (AvgIpc) is 2.41. The summed E-state index contributed by atoms with van der Waals surface area (Å²) in [6.07, 6.45) is -4.70. The van der Waals surface area contributed by atoms with Crippen LogP contribution in [0.5, 0.6) is 0 Å². The number of rotatable bonds is 0. The Hall–Kier alpha value is -0.690. The fourth-order valence-corrected chi connectivity index (χ4v) is 2.14. The van der Waals surface area contributed by atoms with E-state index >= 15 is 0 Å². The minimum Gasteiger partial charge on any atom is -0.390 e. The van der Waals surface area contributed by atoms with E-state index in [0.29, 0.717) is 0 Å². The van der Waals surface area contributed by atoms with Crippen LogP contribution >= 0.6 is 0 Å². The van der Waals surface area contributed by atoms with E-state index in [1.54, 1.807) is 0 Å². The van der Waals surface area contributed by atoms with Crippen molar-refractivity contribution in [3.05, 3.63) is 0 Å². The Kier molecular flexibility index (Phi) is 2.23. The number of hydrogen-bond acceptors (Lipinski definition) is 5. The number of aliphatic hydroxyl groups excluding tert-OH is 4. The molecular formula is C8H13NO5. The van der Waals surface area contributed by atoms with Gasteiger partial charge in [-0.15, -0.1) is 0 Å². The monoisotopic (exact) mass is 203 g/mol. The predicted molar refractivity (Wildman–Crippen MR) is 44.1 cm³/mol. The lowest BCUT2D eigenvalue weighted by molar-refractivity contribution is -0.153. The fourth-order valence-electron chi connectivity index (χ4n) is 2.14. The largest absolute Gasteiger partial charge is 0.390 e. The van der Waals surface area contributed by atoms with E-state index in [4.69, 9.17) is 0 Å². The molecule has 4 N–H and O–H groups in total. The minimum atomic E-state index is -1.18. The summed E-state index contributed by atoms with van der Waals surface area (Å²) in [5.41, 5.74) is 0. The van der Waals surface area contributed by atoms with E-state index in [0.717, 1.165) is 0 Å². The normalized spacial score (nSPS) is 48.1. The Morgan fingerprint density at radius 3 is 2.29 bits per heavy atom. The van der Waals surface area contributed by atoms with Crippen LogP contribution in [0, 0.1) is 0 Å². The Morgan fingerprint density at radius 2 is 1.64 bits per heavy atom. The molecule has 80 valence electrons. The van der Waals surface area contributed by atoms with Crippen molar-refractivity contribution < 1.29 is 25.2 Å². The van der Waals surface area contributed by atoms with Gasteiger partial charge in [0.25, 0.3) is 0 Å². The molecule has 0 saturated carbocycles. The first-order chi connectivity index (χ1) is 6.52. The molecule has 0 radical (unpaired) electrons. The zero-order chi connectivity index (χ0) is 10.5. The van der Waals surface area contributed by atoms with E-state index in [9.17, 15) is 25.2 Å². The summed E-state index contributed by atoms with van der Waals surface area (Å²) in [7, 11) is 0. The predicted octanol–water partition coefficient (Wildman–Crippen LogP) is -2.96. The first kappa shape index (κ1) is 9.85. The summed E-state index contributed by atoms with van der Waals surface area (Å²) in [4.78, 5) is 12.6. The first-order valence-corrected chi connectivity index (χ1v) is 4.54. The third-order valence-corrected chi connectivity index (χ3v) is 2.94. The molecule has 5 atom stereocenters. The highest BCUT2D eigenvalue weighted by molar-refractivity contribution is 5.79. The van der Waals surface area contributed by atoms with Crippen molar-refractivity contribution in [1.29, 1.82) is 0 Å². The molecule has 14 heavy (non-hydrogen) atoms. The van der Waals surface area contributed by atoms with Gasteiger partial charge in [-0.3, -0.25) is 4.79 Å². The molecular weight excluding hydrogens is 190 g/mol. The number of piperidine rings is 1. The lowest BCUT2D eigenvalue weighted by Crippen LogP contribution is -2.57. The molecule has 0 aromatic heterocycles. The van der Waals surface area contributed by atoms with Crippen LogP contribution in [0.2, 0.25) is 0 Å². The minimum absolute atomic E-state index is 0.0223. The van der Waals surface area contributed by atoms with Gasteiger partial charge in [0, 0.05) is 6.54 Å². The maximum Gasteiger partial charge on any atom is 0.225 e. The molecule has 2 aliphatic heterocycles. The summed E-state index contributed by atoms with van der Waals surface area (Å²) < 4.78 is 0. The molecule has 0 bridgehead atoms. The quantitative estimate of drug-likeness (QED) is 0.337. The van der Waals surface area contributed by atoms with Gasteiger partial charge in [0.15, 0.2) is 0 Å². The topological polar surface area (TPSA) is 101 Å². The Labute approximate surface area is 80.4 Å². The van der Waals surface area contributed by atoms with E-state index in [1.807, 2.05) is 0 Å². The molecule has 0 aromatic rings. The third kappa shape index (κ3) is 1.23. The molecule has 1 amide bonds. The van der Waals surface area contributed by atoms with Gasteiger partial charge in [0.2, 0.25) is 5.91 Å². The lowest BCUT2D eigenvalue weighted by Gasteiger charge is -2.37. The highest BCUT2D eigenvalue weighted by atomic mass is 16.4. The molecule has 2 heterocycles. The number of fused-ring (bicyclic) bond motifs is 1. The zero-order valence-corrected chi connectivity index (χ0v) is 7.45. The molecule has 6 heteroatoms. The molecule has 0 aliphatic carbocycles. The molecule has 0 spiro atoms. The fraction of sp³-hybridized carbons (Fsp3) is 0.875. The van der Waals surface area contributed by atoms with Gasteiger partial charge in [-0.2, -0.15) is 0 Å². The molecule has 0 aromatic carbocycles. The highest BCUT2D eigenvalue weighted by Crippen LogP contribution is 2.28. The number of hydrogen-bond donors (Lipinski definition) is 4. The van der Waals surface area contributed by atoms with Crippen LogP contribution in [0.25, 0.3) is 0 Å². The standard InChI is InChI=1S/C8H13NO5/c10-3-1-5(12)9-2-4(11)8(14)6(9)7(3)13/h3-4,6-8,10-11,13-14H,1-2H2/t3-,4-,6-,7+,8-/m0/s1. The third-order valence-electron chi connectivity index (χ3n) is 2.94. The summed E-state index contributed by atoms with van der Waals surface area (Å²) in [6.45, 7) is 0.0223. The van der Waals surface area contributed by atoms with E-state index in [2.05, 4.69) is 0 Å². The molecule has 2 saturated heterocycles. The van der Waals surface area contributed by atoms with Crippen LogP contribution in [-0.2, 0) is 4.79 Å². The van der Waals surface area contributed by atoms with Gasteiger partial charge in [0.05, 0.1) is 24.7 Å². The highest BCUT2D eigenvalue weighted by Gasteiger charge is 2.51. The smallest absolute Gasteiger partial charge is 0.225 e. The number of carbonyl (C=O) groups is 1. The van der Waals surface area contributed by atoms with E-state index < -0.39 is 30.5 Å². The lowest BCUT2D eigenvalue weighted by atomic mass is 9.94. The van der Waals surface area contributed by atoms with Crippen molar-refractivity contribution in [2.75, 3.05) is 6.54 Å². The van der Waals surface area contributed by atoms with Crippen LogP contribution in [0.4, 0.5) is 0 Å². The van der Waals surface area contributed by atoms with Gasteiger partial charge in [-0.25, -0.2) is 0 Å². The second-order valence-electron chi connectivity index (χ2n) is 3.86. The SMILES string of the molecule is O=C1C[C@H](O)[C@@H](O)[C@H]2[C@@H](O)[C@@H](O)CN12. The van der Waals surface area contributed by atoms with Crippen molar-refractivity contribution in [2.45, 2.75) is 36.9 Å². The second kappa shape index (κ2) is 3.16. The molecule has 2 fully saturated rings. The Morgan fingerprint density at radius 1 is 1.07 bits per heavy atom. The van der Waals surface area contributed by atoms with Crippen LogP contribution in [0.1, 0.15) is 6.42 Å². The van der Waals surface area contributed by atoms with E-state index in [-0.39, 0.29) is 18.9 Å². The van der Waals surface area contributed by atoms with Gasteiger partial charge in [0.1, 0.15) is 12.2 Å². The second-order valence-corrected chi connectivity index (χ2v) is 3.86. The van der Waals surface area contributed by atoms with Crippen molar-refractivity contribution in [1.82, 2.24) is 4.90 Å². The first-order valence-electron chi connectivity index (χ1n) is 4.54. The van der Waals surface area contributed by atoms with Crippen LogP contribution in [-0.4, -0.2) is 68.2 Å². The molecule has 0 unspecified atom stereocenters. The maximum absolute atomic E-state index is 11.4. The number of amides is 1. The Bertz CT molecular complexity index is 258. The van der Waals surface area contributed by atoms with Gasteiger partial charge < -0.3 is 25.3 Å². The molecule has 2 rings (SSSR count). The molecule has 2 aliphatic rings. The average molecular weight is 203 g/mol. The maximum atomic E-state index is 11.4. The van der Waals surface area contributed by atoms with Crippen LogP contribution < -0.4 is 0 Å². The van der Waals surface area contributed by atoms with Crippen LogP contribution in [0.3, 0.4) is 0 Å². The van der Waals surface area contributed by atoms with Crippen molar-refractivity contribution in [3.63, 3.8) is 0 Å². The number of aliphatic hydroxyl groups is 4. The molecule has 6 nitrogen and oxygen atoms in total. The summed E-state index contributed by atoms with van der Waals surface area (Å²) in [5.74, 6) is -0.344. The summed E-state index contributed by atoms with van der Waals surface area (Å²) in [6, 6.07) is -0.874. The van der Waals surface area contributed by atoms with Crippen molar-refractivity contribution >= 4 is 5.91 Å². The number of nitrogens with zero attached hydrogens (tertiary/aromatic N) is 1. The number of carbonyl (C=O) groups excluding carboxylic acids is 1. The Balaban J connectivity index is 2.25. The van der Waals surface area contributed by atoms with E-state index in [1.165, 1.54) is 4.90 Å². The summed E-state index contributed by atoms with van der Waals surface area (Å²) in [5, 5.41) is 37.6. The van der Waals surface area contributed by atoms with Crippen molar-refractivity contribution in [2.24, 2.45) is 0 Å². The van der Waals surface area contributed by atoms with Gasteiger partial charge in [-0.05, 0) is 0 Å². The zero-order valence-electron chi connectivity index (χ0n) is 7.45. The van der Waals surface area contributed by atoms with Crippen molar-refractivity contribution in [3.8, 4) is 0 Å². The van der Waals surface area contributed by atoms with Gasteiger partial charge >= 0.3 is 0 Å².